The predicted molar refractivity (Wildman–Crippen MR) is 156 cm³/mol. The van der Waals surface area contributed by atoms with Gasteiger partial charge in [-0.25, -0.2) is 4.79 Å². The van der Waals surface area contributed by atoms with E-state index in [1.165, 1.54) is 9.14 Å². The molecular formula is C32H31N4O6+. The fourth-order valence-corrected chi connectivity index (χ4v) is 4.00. The topological polar surface area (TPSA) is 123 Å². The number of nitrogens with zero attached hydrogens (tertiary/aromatic N) is 2. The largest absolute Gasteiger partial charge is 0.479 e. The Kier molecular flexibility index (Phi) is 9.87. The Morgan fingerprint density at radius 1 is 0.762 bits per heavy atom. The zero-order chi connectivity index (χ0) is 29.9. The lowest BCUT2D eigenvalue weighted by molar-refractivity contribution is -0.516. The summed E-state index contributed by atoms with van der Waals surface area (Å²) in [5.41, 5.74) is 1.61. The fraction of sp³-hybridized carbons (Fsp3) is 0.125. The van der Waals surface area contributed by atoms with E-state index < -0.39 is 23.7 Å². The van der Waals surface area contributed by atoms with Crippen LogP contribution >= 0.6 is 0 Å². The van der Waals surface area contributed by atoms with E-state index in [1.807, 2.05) is 12.1 Å². The summed E-state index contributed by atoms with van der Waals surface area (Å²) >= 11 is 0. The van der Waals surface area contributed by atoms with Crippen molar-refractivity contribution in [2.45, 2.75) is 13.8 Å². The first-order valence-electron chi connectivity index (χ1n) is 13.3. The van der Waals surface area contributed by atoms with Gasteiger partial charge in [-0.2, -0.15) is 4.24 Å². The second-order valence-corrected chi connectivity index (χ2v) is 8.78. The average molecular weight is 568 g/mol. The molecule has 0 radical (unpaired) electrons. The molecule has 0 fully saturated rings. The van der Waals surface area contributed by atoms with E-state index in [-0.39, 0.29) is 24.6 Å². The van der Waals surface area contributed by atoms with Gasteiger partial charge in [-0.3, -0.25) is 9.59 Å². The van der Waals surface area contributed by atoms with E-state index in [1.54, 1.807) is 111 Å². The summed E-state index contributed by atoms with van der Waals surface area (Å²) in [6.45, 7) is 3.65. The minimum Gasteiger partial charge on any atom is -0.479 e. The normalized spacial score (nSPS) is 12.7. The number of carbonyl (C=O) groups is 3. The molecule has 10 nitrogen and oxygen atoms in total. The van der Waals surface area contributed by atoms with Crippen LogP contribution in [0.4, 0.5) is 11.4 Å². The summed E-state index contributed by atoms with van der Waals surface area (Å²) in [7, 11) is 0. The maximum Gasteiger partial charge on any atom is 0.410 e. The molecule has 1 aliphatic rings. The Bertz CT molecular complexity index is 1620. The van der Waals surface area contributed by atoms with Crippen molar-refractivity contribution in [3.63, 3.8) is 0 Å². The van der Waals surface area contributed by atoms with Gasteiger partial charge in [0.25, 0.3) is 5.91 Å². The van der Waals surface area contributed by atoms with Crippen molar-refractivity contribution in [2.24, 2.45) is 0 Å². The summed E-state index contributed by atoms with van der Waals surface area (Å²) in [5, 5.41) is 16.7. The Morgan fingerprint density at radius 2 is 1.29 bits per heavy atom. The molecule has 1 aromatic heterocycles. The number of amides is 2. The molecule has 1 aliphatic heterocycles. The summed E-state index contributed by atoms with van der Waals surface area (Å²) < 4.78 is 11.8. The number of para-hydroxylation sites is 2. The predicted octanol–water partition coefficient (Wildman–Crippen LogP) is 3.45. The zero-order valence-corrected chi connectivity index (χ0v) is 23.2. The second-order valence-electron chi connectivity index (χ2n) is 8.78. The number of anilines is 2. The molecule has 4 rings (SSSR count). The molecule has 0 spiro atoms. The third-order valence-corrected chi connectivity index (χ3v) is 5.95. The van der Waals surface area contributed by atoms with Gasteiger partial charge in [0.1, 0.15) is 0 Å². The summed E-state index contributed by atoms with van der Waals surface area (Å²) in [6.07, 6.45) is 9.93. The Morgan fingerprint density at radius 3 is 1.81 bits per heavy atom. The quantitative estimate of drug-likeness (QED) is 0.119. The van der Waals surface area contributed by atoms with E-state index in [9.17, 15) is 19.5 Å². The third-order valence-electron chi connectivity index (χ3n) is 5.95. The molecule has 0 bridgehead atoms. The Balaban J connectivity index is 1.63. The first-order chi connectivity index (χ1) is 20.4. The van der Waals surface area contributed by atoms with Gasteiger partial charge in [0.2, 0.25) is 0 Å². The number of aromatic nitrogens is 1. The van der Waals surface area contributed by atoms with Gasteiger partial charge < -0.3 is 30.1 Å². The van der Waals surface area contributed by atoms with E-state index in [4.69, 9.17) is 9.47 Å². The highest BCUT2D eigenvalue weighted by atomic mass is 16.6. The van der Waals surface area contributed by atoms with Crippen LogP contribution in [0.1, 0.15) is 13.8 Å². The molecule has 0 saturated heterocycles. The molecule has 2 heterocycles. The number of allylic oxidation sites excluding steroid dienone is 2. The molecule has 0 unspecified atom stereocenters. The van der Waals surface area contributed by atoms with Crippen LogP contribution in [0.3, 0.4) is 0 Å². The maximum atomic E-state index is 13.1. The highest BCUT2D eigenvalue weighted by Gasteiger charge is 2.30. The van der Waals surface area contributed by atoms with Crippen LogP contribution in [0.2, 0.25) is 0 Å². The van der Waals surface area contributed by atoms with Crippen molar-refractivity contribution in [1.82, 2.24) is 4.90 Å². The first kappa shape index (κ1) is 29.3. The van der Waals surface area contributed by atoms with Crippen molar-refractivity contribution < 1.29 is 33.2 Å². The van der Waals surface area contributed by atoms with Gasteiger partial charge in [-0.1, -0.05) is 36.4 Å². The number of esters is 1. The van der Waals surface area contributed by atoms with Crippen LogP contribution < -0.4 is 20.1 Å². The monoisotopic (exact) mass is 567 g/mol. The molecule has 214 valence electrons. The lowest BCUT2D eigenvalue weighted by Gasteiger charge is -2.22. The molecule has 42 heavy (non-hydrogen) atoms. The van der Waals surface area contributed by atoms with Crippen molar-refractivity contribution in [3.05, 3.63) is 132 Å². The molecule has 0 atom stereocenters. The van der Waals surface area contributed by atoms with Crippen LogP contribution in [-0.2, 0) is 23.9 Å². The Hall–Kier alpha value is -5.64. The molecular weight excluding hydrogens is 536 g/mol. The van der Waals surface area contributed by atoms with E-state index in [0.717, 1.165) is 10.8 Å². The number of aliphatic hydroxyl groups excluding tert-OH is 1. The second kappa shape index (κ2) is 14.1. The highest BCUT2D eigenvalue weighted by molar-refractivity contribution is 6.13. The number of hydrogen-bond acceptors (Lipinski definition) is 7. The maximum absolute atomic E-state index is 13.1. The number of rotatable bonds is 9. The lowest BCUT2D eigenvalue weighted by atomic mass is 10.1. The Labute approximate surface area is 242 Å². The molecule has 0 aliphatic carbocycles. The molecule has 0 saturated carbocycles. The molecule has 3 N–H and O–H groups in total. The summed E-state index contributed by atoms with van der Waals surface area (Å²) in [6, 6.07) is 21.2. The smallest absolute Gasteiger partial charge is 0.410 e. The van der Waals surface area contributed by atoms with Gasteiger partial charge >= 0.3 is 23.5 Å². The zero-order valence-electron chi connectivity index (χ0n) is 23.2. The first-order valence-corrected chi connectivity index (χ1v) is 13.3. The van der Waals surface area contributed by atoms with E-state index in [0.29, 0.717) is 11.4 Å². The van der Waals surface area contributed by atoms with Crippen molar-refractivity contribution in [2.75, 3.05) is 23.8 Å². The average Bonchev–Trinajstić information content (AvgIpc) is 2.99. The minimum atomic E-state index is -0.758. The molecule has 2 amide bonds. The third kappa shape index (κ3) is 7.30. The summed E-state index contributed by atoms with van der Waals surface area (Å²) in [5.74, 6) is -2.44. The number of benzene rings is 2. The molecule has 2 aromatic carbocycles. The standard InChI is InChI=1S/C32H30N4O6/c1-3-41-31(39)27(29(37)33-25-11-7-5-8-12-25)35-19-15-23(16-20-35)24-17-21-36(22-18-24)28(32(40)42-4-2)30(38)34-26-13-9-6-10-14-26/h5-22H,3-4H2,1-2H3,(H2-,33,34,37,38,39)/p+1. The van der Waals surface area contributed by atoms with E-state index in [2.05, 4.69) is 10.6 Å². The van der Waals surface area contributed by atoms with Crippen LogP contribution in [0.15, 0.2) is 121 Å². The number of carbonyl (C=O) groups excluding carboxylic acids is 3. The van der Waals surface area contributed by atoms with Gasteiger partial charge in [-0.15, -0.1) is 0 Å². The number of ether oxygens (including phenoxy) is 2. The number of nitrogens with one attached hydrogen (secondary N) is 2. The van der Waals surface area contributed by atoms with Crippen molar-refractivity contribution in [3.8, 4) is 0 Å². The number of pyridine rings is 1. The van der Waals surface area contributed by atoms with Crippen molar-refractivity contribution >= 4 is 34.7 Å². The van der Waals surface area contributed by atoms with E-state index >= 15 is 0 Å². The highest BCUT2D eigenvalue weighted by Crippen LogP contribution is 2.20. The summed E-state index contributed by atoms with van der Waals surface area (Å²) in [4.78, 5) is 40.2. The SMILES string of the molecule is CCOC(=O)C(C(=O)Nc1ccccc1)=[n+]1ccc(=C2C=CN(C(C(=O)Nc3ccccc3)=C(O)OCC)C=C2)cc1. The lowest BCUT2D eigenvalue weighted by Crippen LogP contribution is -2.37. The molecule has 10 heteroatoms. The van der Waals surface area contributed by atoms with Crippen LogP contribution in [-0.4, -0.2) is 41.0 Å². The fourth-order valence-electron chi connectivity index (χ4n) is 4.00. The van der Waals surface area contributed by atoms with Gasteiger partial charge in [0.15, 0.2) is 18.1 Å². The van der Waals surface area contributed by atoms with Gasteiger partial charge in [0, 0.05) is 35.9 Å². The van der Waals surface area contributed by atoms with Crippen LogP contribution in [0, 0.1) is 5.71 Å². The molecule has 3 aromatic rings. The van der Waals surface area contributed by atoms with Crippen LogP contribution in [0.25, 0.3) is 5.57 Å². The van der Waals surface area contributed by atoms with Crippen LogP contribution in [0.5, 0.6) is 0 Å². The van der Waals surface area contributed by atoms with Gasteiger partial charge in [0.05, 0.1) is 13.2 Å². The minimum absolute atomic E-state index is 0.0868. The number of aliphatic hydroxyl groups is 1. The number of hydrogen-bond donors (Lipinski definition) is 3. The van der Waals surface area contributed by atoms with Crippen molar-refractivity contribution in [1.29, 1.82) is 0 Å². The van der Waals surface area contributed by atoms with Gasteiger partial charge in [-0.05, 0) is 61.1 Å².